The van der Waals surface area contributed by atoms with Gasteiger partial charge in [-0.2, -0.15) is 0 Å². The molecule has 0 aliphatic carbocycles. The number of rotatable bonds is 4. The van der Waals surface area contributed by atoms with Crippen molar-refractivity contribution in [2.45, 2.75) is 0 Å². The Morgan fingerprint density at radius 1 is 0.196 bits per heavy atom. The molecule has 0 bridgehead atoms. The predicted molar refractivity (Wildman–Crippen MR) is 242 cm³/mol. The first-order valence-electron chi connectivity index (χ1n) is 19.5. The Balaban J connectivity index is 1.13. The summed E-state index contributed by atoms with van der Waals surface area (Å²) in [6.07, 6.45) is 0. The Labute approximate surface area is 324 Å². The van der Waals surface area contributed by atoms with Crippen LogP contribution in [0.2, 0.25) is 0 Å². The maximum atomic E-state index is 2.36. The summed E-state index contributed by atoms with van der Waals surface area (Å²) in [4.78, 5) is 0. The highest BCUT2D eigenvalue weighted by Crippen LogP contribution is 2.48. The number of fused-ring (bicyclic) bond motifs is 4. The van der Waals surface area contributed by atoms with Crippen LogP contribution in [0.4, 0.5) is 0 Å². The van der Waals surface area contributed by atoms with E-state index in [9.17, 15) is 0 Å². The van der Waals surface area contributed by atoms with E-state index in [4.69, 9.17) is 0 Å². The molecule has 0 atom stereocenters. The second kappa shape index (κ2) is 12.1. The largest absolute Gasteiger partial charge is 0.0616 e. The second-order valence-corrected chi connectivity index (χ2v) is 15.2. The molecule has 0 aromatic heterocycles. The fraction of sp³-hybridized carbons (Fsp3) is 0. The molecule has 12 rings (SSSR count). The normalized spacial score (nSPS) is 11.9. The van der Waals surface area contributed by atoms with E-state index in [2.05, 4.69) is 206 Å². The van der Waals surface area contributed by atoms with E-state index in [0.29, 0.717) is 0 Å². The third kappa shape index (κ3) is 4.66. The number of benzene rings is 12. The van der Waals surface area contributed by atoms with Gasteiger partial charge in [0, 0.05) is 0 Å². The molecule has 0 heteroatoms. The minimum absolute atomic E-state index is 1.24. The lowest BCUT2D eigenvalue weighted by Crippen LogP contribution is -1.93. The van der Waals surface area contributed by atoms with Gasteiger partial charge in [-0.1, -0.05) is 194 Å². The van der Waals surface area contributed by atoms with Crippen molar-refractivity contribution in [3.05, 3.63) is 206 Å². The van der Waals surface area contributed by atoms with E-state index < -0.39 is 0 Å². The zero-order chi connectivity index (χ0) is 36.7. The van der Waals surface area contributed by atoms with Gasteiger partial charge in [0.25, 0.3) is 0 Å². The standard InChI is InChI=1S/C56H34/c1-3-13-41-33-43(19-17-35(41)9-1)53-45-15-7-5-11-37(45)21-29-49(53)47-27-23-39-26-32-52-48(28-24-40-25-31-51(47)55(39)56(40)52)50-30-22-38-12-6-8-16-46(38)54(50)44-20-18-36-10-2-4-14-42(36)34-44/h1-34H. The second-order valence-electron chi connectivity index (χ2n) is 15.2. The fourth-order valence-corrected chi connectivity index (χ4v) is 9.57. The van der Waals surface area contributed by atoms with E-state index in [-0.39, 0.29) is 0 Å². The third-order valence-electron chi connectivity index (χ3n) is 12.2. The lowest BCUT2D eigenvalue weighted by atomic mass is 9.83. The van der Waals surface area contributed by atoms with Crippen molar-refractivity contribution in [1.82, 2.24) is 0 Å². The fourth-order valence-electron chi connectivity index (χ4n) is 9.57. The molecule has 0 saturated carbocycles. The topological polar surface area (TPSA) is 0 Å². The van der Waals surface area contributed by atoms with Gasteiger partial charge in [-0.05, 0) is 132 Å². The van der Waals surface area contributed by atoms with Crippen LogP contribution in [0, 0.1) is 0 Å². The Morgan fingerprint density at radius 3 is 1.00 bits per heavy atom. The highest BCUT2D eigenvalue weighted by atomic mass is 14.2. The average molecular weight is 707 g/mol. The van der Waals surface area contributed by atoms with Gasteiger partial charge in [0.15, 0.2) is 0 Å². The lowest BCUT2D eigenvalue weighted by molar-refractivity contribution is 1.64. The first kappa shape index (κ1) is 31.1. The van der Waals surface area contributed by atoms with Gasteiger partial charge in [-0.25, -0.2) is 0 Å². The Kier molecular flexibility index (Phi) is 6.73. The van der Waals surface area contributed by atoms with Crippen molar-refractivity contribution in [2.75, 3.05) is 0 Å². The zero-order valence-corrected chi connectivity index (χ0v) is 30.6. The maximum Gasteiger partial charge on any atom is -0.00203 e. The number of hydrogen-bond acceptors (Lipinski definition) is 0. The zero-order valence-electron chi connectivity index (χ0n) is 30.6. The maximum absolute atomic E-state index is 2.36. The summed E-state index contributed by atoms with van der Waals surface area (Å²) in [5.41, 5.74) is 10.1. The molecule has 0 aliphatic rings. The lowest BCUT2D eigenvalue weighted by Gasteiger charge is -2.20. The van der Waals surface area contributed by atoms with Gasteiger partial charge in [-0.15, -0.1) is 0 Å². The molecule has 0 saturated heterocycles. The first-order valence-corrected chi connectivity index (χ1v) is 19.5. The van der Waals surface area contributed by atoms with Crippen molar-refractivity contribution < 1.29 is 0 Å². The Bertz CT molecular complexity index is 3290. The Hall–Kier alpha value is -7.28. The molecule has 0 N–H and O–H groups in total. The van der Waals surface area contributed by atoms with Crippen LogP contribution in [0.1, 0.15) is 0 Å². The van der Waals surface area contributed by atoms with E-state index >= 15 is 0 Å². The molecule has 56 heavy (non-hydrogen) atoms. The van der Waals surface area contributed by atoms with Gasteiger partial charge < -0.3 is 0 Å². The molecular formula is C56H34. The summed E-state index contributed by atoms with van der Waals surface area (Å²) < 4.78 is 0. The van der Waals surface area contributed by atoms with Gasteiger partial charge >= 0.3 is 0 Å². The van der Waals surface area contributed by atoms with Crippen LogP contribution in [-0.2, 0) is 0 Å². The molecule has 12 aromatic rings. The summed E-state index contributed by atoms with van der Waals surface area (Å²) in [5.74, 6) is 0. The third-order valence-corrected chi connectivity index (χ3v) is 12.2. The van der Waals surface area contributed by atoms with Crippen LogP contribution < -0.4 is 0 Å². The Morgan fingerprint density at radius 2 is 0.536 bits per heavy atom. The molecule has 0 amide bonds. The molecule has 0 fully saturated rings. The van der Waals surface area contributed by atoms with Crippen LogP contribution in [0.15, 0.2) is 206 Å². The van der Waals surface area contributed by atoms with Crippen molar-refractivity contribution >= 4 is 75.4 Å². The summed E-state index contributed by atoms with van der Waals surface area (Å²) in [5, 5.41) is 17.8. The minimum atomic E-state index is 1.24. The van der Waals surface area contributed by atoms with Gasteiger partial charge in [-0.3, -0.25) is 0 Å². The van der Waals surface area contributed by atoms with Crippen LogP contribution >= 0.6 is 0 Å². The monoisotopic (exact) mass is 706 g/mol. The summed E-state index contributed by atoms with van der Waals surface area (Å²) in [6.45, 7) is 0. The molecule has 0 radical (unpaired) electrons. The van der Waals surface area contributed by atoms with Crippen molar-refractivity contribution in [3.8, 4) is 44.5 Å². The molecule has 0 spiro atoms. The smallest absolute Gasteiger partial charge is 0.00203 e. The van der Waals surface area contributed by atoms with Crippen molar-refractivity contribution in [3.63, 3.8) is 0 Å². The highest BCUT2D eigenvalue weighted by molar-refractivity contribution is 6.29. The molecule has 0 heterocycles. The summed E-state index contributed by atoms with van der Waals surface area (Å²) >= 11 is 0. The minimum Gasteiger partial charge on any atom is -0.0616 e. The summed E-state index contributed by atoms with van der Waals surface area (Å²) in [6, 6.07) is 76.8. The van der Waals surface area contributed by atoms with E-state index in [1.165, 1.54) is 120 Å². The predicted octanol–water partition coefficient (Wildman–Crippen LogP) is 15.9. The van der Waals surface area contributed by atoms with E-state index in [1.807, 2.05) is 0 Å². The van der Waals surface area contributed by atoms with Crippen molar-refractivity contribution in [1.29, 1.82) is 0 Å². The van der Waals surface area contributed by atoms with Crippen LogP contribution in [0.25, 0.3) is 120 Å². The highest BCUT2D eigenvalue weighted by Gasteiger charge is 2.20. The molecule has 258 valence electrons. The van der Waals surface area contributed by atoms with Crippen molar-refractivity contribution in [2.24, 2.45) is 0 Å². The number of hydrogen-bond donors (Lipinski definition) is 0. The van der Waals surface area contributed by atoms with Crippen LogP contribution in [0.5, 0.6) is 0 Å². The van der Waals surface area contributed by atoms with Crippen LogP contribution in [0.3, 0.4) is 0 Å². The molecule has 0 aliphatic heterocycles. The van der Waals surface area contributed by atoms with E-state index in [1.54, 1.807) is 0 Å². The molecule has 12 aromatic carbocycles. The summed E-state index contributed by atoms with van der Waals surface area (Å²) in [7, 11) is 0. The van der Waals surface area contributed by atoms with E-state index in [0.717, 1.165) is 0 Å². The van der Waals surface area contributed by atoms with Gasteiger partial charge in [0.05, 0.1) is 0 Å². The van der Waals surface area contributed by atoms with Crippen LogP contribution in [-0.4, -0.2) is 0 Å². The SMILES string of the molecule is c1ccc2cc(-c3c(-c4ccc5ccc6c(-c7ccc8ccccc8c7-c7ccc8ccccc8c7)ccc7ccc4c5c76)ccc4ccccc34)ccc2c1. The molecular weight excluding hydrogens is 673 g/mol. The average Bonchev–Trinajstić information content (AvgIpc) is 3.27. The van der Waals surface area contributed by atoms with Gasteiger partial charge in [0.2, 0.25) is 0 Å². The quantitative estimate of drug-likeness (QED) is 0.160. The molecule has 0 nitrogen and oxygen atoms in total. The first-order chi connectivity index (χ1) is 27.8. The van der Waals surface area contributed by atoms with Gasteiger partial charge in [0.1, 0.15) is 0 Å². The molecule has 0 unspecified atom stereocenters.